The Bertz CT molecular complexity index is 1150. The summed E-state index contributed by atoms with van der Waals surface area (Å²) in [5.74, 6) is 0.933. The van der Waals surface area contributed by atoms with E-state index in [1.807, 2.05) is 13.0 Å². The van der Waals surface area contributed by atoms with E-state index in [4.69, 9.17) is 16.3 Å². The second-order valence-electron chi connectivity index (χ2n) is 7.60. The zero-order valence-electron chi connectivity index (χ0n) is 18.0. The van der Waals surface area contributed by atoms with Crippen LogP contribution in [0.5, 0.6) is 5.75 Å². The molecule has 2 aromatic carbocycles. The van der Waals surface area contributed by atoms with Crippen LogP contribution < -0.4 is 15.6 Å². The molecule has 0 radical (unpaired) electrons. The van der Waals surface area contributed by atoms with Crippen molar-refractivity contribution in [2.45, 2.75) is 37.6 Å². The number of nitrogens with one attached hydrogen (secondary N) is 1. The molecular weight excluding hydrogens is 434 g/mol. The number of methoxy groups -OCH3 is 1. The first-order valence-electron chi connectivity index (χ1n) is 10.1. The third-order valence-electron chi connectivity index (χ3n) is 4.81. The third kappa shape index (κ3) is 5.40. The van der Waals surface area contributed by atoms with E-state index in [9.17, 15) is 9.59 Å². The summed E-state index contributed by atoms with van der Waals surface area (Å²) in [6.45, 7) is 6.65. The van der Waals surface area contributed by atoms with Gasteiger partial charge >= 0.3 is 0 Å². The van der Waals surface area contributed by atoms with Gasteiger partial charge in [-0.1, -0.05) is 49.3 Å². The van der Waals surface area contributed by atoms with Crippen molar-refractivity contribution in [2.24, 2.45) is 5.92 Å². The van der Waals surface area contributed by atoms with E-state index in [-0.39, 0.29) is 11.5 Å². The molecule has 0 saturated carbocycles. The molecular formula is C23H26ClN3O3S. The van der Waals surface area contributed by atoms with E-state index in [1.54, 1.807) is 36.4 Å². The van der Waals surface area contributed by atoms with Crippen LogP contribution in [0.3, 0.4) is 0 Å². The van der Waals surface area contributed by atoms with Crippen LogP contribution in [0, 0.1) is 5.92 Å². The number of nitrogens with zero attached hydrogens (tertiary/aromatic N) is 2. The maximum atomic E-state index is 13.3. The standard InChI is InChI=1S/C23H26ClN3O3S/c1-14(2)11-12-25-21(28)15(3)31-23-26-19-8-6-5-7-17(19)22(29)27(23)16-9-10-20(30-4)18(24)13-16/h5-10,13-15H,11-12H2,1-4H3,(H,25,28). The number of carbonyl (C=O) groups excluding carboxylic acids is 1. The second kappa shape index (κ2) is 10.2. The molecule has 3 rings (SSSR count). The Hall–Kier alpha value is -2.51. The number of ether oxygens (including phenoxy) is 1. The number of aromatic nitrogens is 2. The number of benzene rings is 2. The Kier molecular flexibility index (Phi) is 7.62. The van der Waals surface area contributed by atoms with Crippen molar-refractivity contribution in [1.29, 1.82) is 0 Å². The van der Waals surface area contributed by atoms with E-state index in [0.717, 1.165) is 6.42 Å². The zero-order chi connectivity index (χ0) is 22.5. The Morgan fingerprint density at radius 2 is 1.97 bits per heavy atom. The summed E-state index contributed by atoms with van der Waals surface area (Å²) in [5, 5.41) is 3.83. The molecule has 0 aliphatic rings. The molecule has 0 fully saturated rings. The number of halogens is 1. The Morgan fingerprint density at radius 3 is 2.65 bits per heavy atom. The lowest BCUT2D eigenvalue weighted by Crippen LogP contribution is -2.33. The number of rotatable bonds is 8. The van der Waals surface area contributed by atoms with Crippen molar-refractivity contribution < 1.29 is 9.53 Å². The number of hydrogen-bond donors (Lipinski definition) is 1. The van der Waals surface area contributed by atoms with Crippen LogP contribution in [0.2, 0.25) is 5.02 Å². The molecule has 1 N–H and O–H groups in total. The van der Waals surface area contributed by atoms with E-state index in [2.05, 4.69) is 24.1 Å². The highest BCUT2D eigenvalue weighted by Gasteiger charge is 2.20. The molecule has 1 aromatic heterocycles. The second-order valence-corrected chi connectivity index (χ2v) is 9.32. The van der Waals surface area contributed by atoms with E-state index in [1.165, 1.54) is 23.4 Å². The van der Waals surface area contributed by atoms with Crippen LogP contribution in [-0.4, -0.2) is 34.4 Å². The highest BCUT2D eigenvalue weighted by atomic mass is 35.5. The zero-order valence-corrected chi connectivity index (χ0v) is 19.6. The fourth-order valence-electron chi connectivity index (χ4n) is 3.05. The average molecular weight is 460 g/mol. The first-order chi connectivity index (χ1) is 14.8. The van der Waals surface area contributed by atoms with Crippen LogP contribution >= 0.6 is 23.4 Å². The predicted molar refractivity (Wildman–Crippen MR) is 127 cm³/mol. The topological polar surface area (TPSA) is 73.2 Å². The summed E-state index contributed by atoms with van der Waals surface area (Å²) in [4.78, 5) is 30.6. The molecule has 1 amide bonds. The Morgan fingerprint density at radius 1 is 1.23 bits per heavy atom. The lowest BCUT2D eigenvalue weighted by atomic mass is 10.1. The van der Waals surface area contributed by atoms with Gasteiger partial charge in [-0.2, -0.15) is 0 Å². The molecule has 0 bridgehead atoms. The van der Waals surface area contributed by atoms with Gasteiger partial charge in [-0.15, -0.1) is 0 Å². The van der Waals surface area contributed by atoms with Crippen molar-refractivity contribution in [1.82, 2.24) is 14.9 Å². The number of thioether (sulfide) groups is 1. The number of fused-ring (bicyclic) bond motifs is 1. The third-order valence-corrected chi connectivity index (χ3v) is 6.16. The predicted octanol–water partition coefficient (Wildman–Crippen LogP) is 4.69. The van der Waals surface area contributed by atoms with Crippen LogP contribution in [-0.2, 0) is 4.79 Å². The van der Waals surface area contributed by atoms with Crippen LogP contribution in [0.1, 0.15) is 27.2 Å². The molecule has 0 spiro atoms. The van der Waals surface area contributed by atoms with Gasteiger partial charge in [0, 0.05) is 6.54 Å². The average Bonchev–Trinajstić information content (AvgIpc) is 2.73. The molecule has 1 heterocycles. The van der Waals surface area contributed by atoms with Gasteiger partial charge in [-0.05, 0) is 49.6 Å². The van der Waals surface area contributed by atoms with Crippen molar-refractivity contribution in [3.63, 3.8) is 0 Å². The molecule has 8 heteroatoms. The molecule has 6 nitrogen and oxygen atoms in total. The largest absolute Gasteiger partial charge is 0.495 e. The minimum absolute atomic E-state index is 0.0904. The SMILES string of the molecule is COc1ccc(-n2c(SC(C)C(=O)NCCC(C)C)nc3ccccc3c2=O)cc1Cl. The fourth-order valence-corrected chi connectivity index (χ4v) is 4.26. The van der Waals surface area contributed by atoms with Gasteiger partial charge in [-0.3, -0.25) is 14.2 Å². The molecule has 3 aromatic rings. The van der Waals surface area contributed by atoms with Crippen molar-refractivity contribution in [3.05, 3.63) is 57.8 Å². The van der Waals surface area contributed by atoms with Crippen LogP contribution in [0.25, 0.3) is 16.6 Å². The lowest BCUT2D eigenvalue weighted by molar-refractivity contribution is -0.120. The normalized spacial score (nSPS) is 12.2. The van der Waals surface area contributed by atoms with Crippen molar-refractivity contribution >= 4 is 40.2 Å². The van der Waals surface area contributed by atoms with Crippen LogP contribution in [0.15, 0.2) is 52.4 Å². The summed E-state index contributed by atoms with van der Waals surface area (Å²) in [6.07, 6.45) is 0.909. The molecule has 0 aliphatic heterocycles. The lowest BCUT2D eigenvalue weighted by Gasteiger charge is -2.17. The van der Waals surface area contributed by atoms with Crippen LogP contribution in [0.4, 0.5) is 0 Å². The van der Waals surface area contributed by atoms with Gasteiger partial charge in [0.2, 0.25) is 5.91 Å². The fraction of sp³-hybridized carbons (Fsp3) is 0.348. The Labute approximate surface area is 191 Å². The number of para-hydroxylation sites is 1. The Balaban J connectivity index is 2.02. The first-order valence-corrected chi connectivity index (χ1v) is 11.4. The van der Waals surface area contributed by atoms with Gasteiger partial charge in [0.1, 0.15) is 5.75 Å². The molecule has 1 atom stereocenters. The van der Waals surface area contributed by atoms with Gasteiger partial charge in [0.25, 0.3) is 5.56 Å². The monoisotopic (exact) mass is 459 g/mol. The first kappa shape index (κ1) is 23.2. The maximum absolute atomic E-state index is 13.3. The summed E-state index contributed by atoms with van der Waals surface area (Å²) < 4.78 is 6.72. The van der Waals surface area contributed by atoms with Gasteiger partial charge in [0.15, 0.2) is 5.16 Å². The van der Waals surface area contributed by atoms with Crippen molar-refractivity contribution in [2.75, 3.05) is 13.7 Å². The minimum Gasteiger partial charge on any atom is -0.495 e. The van der Waals surface area contributed by atoms with Crippen molar-refractivity contribution in [3.8, 4) is 11.4 Å². The summed E-state index contributed by atoms with van der Waals surface area (Å²) >= 11 is 7.55. The van der Waals surface area contributed by atoms with Gasteiger partial charge < -0.3 is 10.1 Å². The summed E-state index contributed by atoms with van der Waals surface area (Å²) in [7, 11) is 1.53. The van der Waals surface area contributed by atoms with E-state index >= 15 is 0 Å². The number of amides is 1. The highest BCUT2D eigenvalue weighted by Crippen LogP contribution is 2.30. The molecule has 1 unspecified atom stereocenters. The summed E-state index contributed by atoms with van der Waals surface area (Å²) in [6, 6.07) is 12.3. The molecule has 164 valence electrons. The smallest absolute Gasteiger partial charge is 0.266 e. The summed E-state index contributed by atoms with van der Waals surface area (Å²) in [5.41, 5.74) is 0.920. The van der Waals surface area contributed by atoms with Gasteiger partial charge in [-0.25, -0.2) is 4.98 Å². The quantitative estimate of drug-likeness (QED) is 0.390. The highest BCUT2D eigenvalue weighted by molar-refractivity contribution is 8.00. The molecule has 0 saturated heterocycles. The minimum atomic E-state index is -0.430. The van der Waals surface area contributed by atoms with Gasteiger partial charge in [0.05, 0.1) is 34.0 Å². The molecule has 0 aliphatic carbocycles. The number of carbonyl (C=O) groups is 1. The van der Waals surface area contributed by atoms with E-state index in [0.29, 0.717) is 45.0 Å². The molecule has 31 heavy (non-hydrogen) atoms. The maximum Gasteiger partial charge on any atom is 0.266 e. The van der Waals surface area contributed by atoms with E-state index < -0.39 is 5.25 Å². The number of hydrogen-bond acceptors (Lipinski definition) is 5.